The molecular weight excluding hydrogens is 264 g/mol. The number of anilines is 1. The van der Waals surface area contributed by atoms with E-state index in [0.717, 1.165) is 24.1 Å². The summed E-state index contributed by atoms with van der Waals surface area (Å²) in [5.74, 6) is -0.365. The Balaban J connectivity index is 1.72. The first-order valence-electron chi connectivity index (χ1n) is 7.07. The molecule has 0 saturated heterocycles. The lowest BCUT2D eigenvalue weighted by molar-refractivity contribution is -0.130. The smallest absolute Gasteiger partial charge is 0.253 e. The Bertz CT molecular complexity index is 655. The van der Waals surface area contributed by atoms with Gasteiger partial charge in [0.05, 0.1) is 6.04 Å². The Morgan fingerprint density at radius 3 is 2.76 bits per heavy atom. The molecule has 0 fully saturated rings. The lowest BCUT2D eigenvalue weighted by atomic mass is 10.1. The number of benzene rings is 2. The number of carbonyl (C=O) groups is 1. The van der Waals surface area contributed by atoms with E-state index in [0.29, 0.717) is 5.56 Å². The van der Waals surface area contributed by atoms with Gasteiger partial charge < -0.3 is 16.2 Å². The predicted molar refractivity (Wildman–Crippen MR) is 81.5 cm³/mol. The van der Waals surface area contributed by atoms with Gasteiger partial charge >= 0.3 is 0 Å². The van der Waals surface area contributed by atoms with Crippen LogP contribution < -0.4 is 11.1 Å². The number of aryl methyl sites for hydroxylation is 1. The molecule has 0 bridgehead atoms. The van der Waals surface area contributed by atoms with Gasteiger partial charge in [-0.15, -0.1) is 0 Å². The van der Waals surface area contributed by atoms with E-state index in [9.17, 15) is 9.90 Å². The molecule has 1 aliphatic rings. The van der Waals surface area contributed by atoms with Crippen LogP contribution in [0.15, 0.2) is 48.5 Å². The third-order valence-corrected chi connectivity index (χ3v) is 3.92. The van der Waals surface area contributed by atoms with Crippen LogP contribution in [0.2, 0.25) is 0 Å². The number of nitrogens with two attached hydrogens (primary N) is 1. The van der Waals surface area contributed by atoms with Crippen molar-refractivity contribution in [2.75, 3.05) is 5.73 Å². The van der Waals surface area contributed by atoms with Crippen molar-refractivity contribution < 1.29 is 9.90 Å². The number of carbonyl (C=O) groups excluding carboxylic acids is 1. The molecule has 0 saturated carbocycles. The summed E-state index contributed by atoms with van der Waals surface area (Å²) in [6.45, 7) is 0. The third-order valence-electron chi connectivity index (χ3n) is 3.92. The molecule has 2 aromatic rings. The zero-order valence-corrected chi connectivity index (χ0v) is 11.6. The Kier molecular flexibility index (Phi) is 3.62. The normalized spacial score (nSPS) is 18.0. The van der Waals surface area contributed by atoms with Gasteiger partial charge in [0.15, 0.2) is 6.10 Å². The van der Waals surface area contributed by atoms with Crippen LogP contribution in [0.25, 0.3) is 0 Å². The highest BCUT2D eigenvalue weighted by atomic mass is 16.3. The first-order chi connectivity index (χ1) is 10.1. The molecule has 1 aliphatic carbocycles. The number of aliphatic hydroxyl groups excluding tert-OH is 1. The summed E-state index contributed by atoms with van der Waals surface area (Å²) >= 11 is 0. The van der Waals surface area contributed by atoms with Gasteiger partial charge in [0.2, 0.25) is 0 Å². The van der Waals surface area contributed by atoms with Crippen molar-refractivity contribution in [3.63, 3.8) is 0 Å². The summed E-state index contributed by atoms with van der Waals surface area (Å²) in [4.78, 5) is 12.2. The number of amides is 1. The summed E-state index contributed by atoms with van der Waals surface area (Å²) in [6, 6.07) is 14.7. The van der Waals surface area contributed by atoms with Crippen molar-refractivity contribution in [1.29, 1.82) is 0 Å². The van der Waals surface area contributed by atoms with Gasteiger partial charge in [0.25, 0.3) is 5.91 Å². The van der Waals surface area contributed by atoms with Crippen LogP contribution in [-0.2, 0) is 11.2 Å². The Labute approximate surface area is 123 Å². The van der Waals surface area contributed by atoms with Crippen LogP contribution in [0, 0.1) is 0 Å². The maximum atomic E-state index is 12.2. The van der Waals surface area contributed by atoms with E-state index in [2.05, 4.69) is 5.32 Å². The van der Waals surface area contributed by atoms with Gasteiger partial charge in [-0.2, -0.15) is 0 Å². The molecule has 0 radical (unpaired) electrons. The second-order valence-corrected chi connectivity index (χ2v) is 5.37. The number of nitrogen functional groups attached to an aromatic ring is 1. The fourth-order valence-corrected chi connectivity index (χ4v) is 2.82. The van der Waals surface area contributed by atoms with Gasteiger partial charge in [-0.3, -0.25) is 4.79 Å². The molecule has 3 rings (SSSR count). The SMILES string of the molecule is Nc1ccc2c(c1)CCC2NC(=O)C(O)c1ccccc1. The molecule has 1 amide bonds. The first kappa shape index (κ1) is 13.6. The number of hydrogen-bond acceptors (Lipinski definition) is 3. The number of rotatable bonds is 3. The third kappa shape index (κ3) is 2.76. The molecular formula is C17H18N2O2. The molecule has 0 aliphatic heterocycles. The van der Waals surface area contributed by atoms with Crippen LogP contribution in [0.4, 0.5) is 5.69 Å². The molecule has 0 heterocycles. The fraction of sp³-hybridized carbons (Fsp3) is 0.235. The molecule has 4 N–H and O–H groups in total. The van der Waals surface area contributed by atoms with Crippen LogP contribution in [0.5, 0.6) is 0 Å². The quantitative estimate of drug-likeness (QED) is 0.755. The number of aliphatic hydroxyl groups is 1. The van der Waals surface area contributed by atoms with E-state index in [1.807, 2.05) is 24.3 Å². The lowest BCUT2D eigenvalue weighted by Crippen LogP contribution is -2.32. The zero-order valence-electron chi connectivity index (χ0n) is 11.6. The summed E-state index contributed by atoms with van der Waals surface area (Å²) in [6.07, 6.45) is 0.600. The van der Waals surface area contributed by atoms with Gasteiger partial charge in [-0.05, 0) is 41.7 Å². The second kappa shape index (κ2) is 5.58. The minimum Gasteiger partial charge on any atom is -0.399 e. The average Bonchev–Trinajstić information content (AvgIpc) is 2.89. The van der Waals surface area contributed by atoms with Crippen molar-refractivity contribution in [3.8, 4) is 0 Å². The van der Waals surface area contributed by atoms with Crippen LogP contribution >= 0.6 is 0 Å². The van der Waals surface area contributed by atoms with E-state index in [4.69, 9.17) is 5.73 Å². The molecule has 2 atom stereocenters. The summed E-state index contributed by atoms with van der Waals surface area (Å²) in [5, 5.41) is 13.0. The minimum absolute atomic E-state index is 0.0496. The molecule has 2 unspecified atom stereocenters. The zero-order chi connectivity index (χ0) is 14.8. The standard InChI is InChI=1S/C17H18N2O2/c18-13-7-8-14-12(10-13)6-9-15(14)19-17(21)16(20)11-4-2-1-3-5-11/h1-5,7-8,10,15-16,20H,6,9,18H2,(H,19,21). The maximum Gasteiger partial charge on any atom is 0.253 e. The van der Waals surface area contributed by atoms with Crippen LogP contribution in [-0.4, -0.2) is 11.0 Å². The number of hydrogen-bond donors (Lipinski definition) is 3. The average molecular weight is 282 g/mol. The maximum absolute atomic E-state index is 12.2. The van der Waals surface area contributed by atoms with Gasteiger partial charge in [-0.1, -0.05) is 36.4 Å². The van der Waals surface area contributed by atoms with Crippen molar-refractivity contribution >= 4 is 11.6 Å². The second-order valence-electron chi connectivity index (χ2n) is 5.37. The molecule has 4 nitrogen and oxygen atoms in total. The highest BCUT2D eigenvalue weighted by molar-refractivity contribution is 5.82. The lowest BCUT2D eigenvalue weighted by Gasteiger charge is -2.17. The Hall–Kier alpha value is -2.33. The summed E-state index contributed by atoms with van der Waals surface area (Å²) in [7, 11) is 0. The molecule has 4 heteroatoms. The van der Waals surface area contributed by atoms with E-state index < -0.39 is 6.10 Å². The van der Waals surface area contributed by atoms with E-state index in [1.165, 1.54) is 5.56 Å². The van der Waals surface area contributed by atoms with E-state index >= 15 is 0 Å². The summed E-state index contributed by atoms with van der Waals surface area (Å²) in [5.41, 5.74) is 9.39. The van der Waals surface area contributed by atoms with E-state index in [-0.39, 0.29) is 11.9 Å². The van der Waals surface area contributed by atoms with Crippen molar-refractivity contribution in [1.82, 2.24) is 5.32 Å². The fourth-order valence-electron chi connectivity index (χ4n) is 2.82. The molecule has 0 spiro atoms. The van der Waals surface area contributed by atoms with Crippen molar-refractivity contribution in [3.05, 3.63) is 65.2 Å². The topological polar surface area (TPSA) is 75.3 Å². The van der Waals surface area contributed by atoms with E-state index in [1.54, 1.807) is 24.3 Å². The van der Waals surface area contributed by atoms with Gasteiger partial charge in [-0.25, -0.2) is 0 Å². The molecule has 2 aromatic carbocycles. The monoisotopic (exact) mass is 282 g/mol. The molecule has 108 valence electrons. The highest BCUT2D eigenvalue weighted by Gasteiger charge is 2.26. The first-order valence-corrected chi connectivity index (χ1v) is 7.07. The highest BCUT2D eigenvalue weighted by Crippen LogP contribution is 2.32. The molecule has 21 heavy (non-hydrogen) atoms. The van der Waals surface area contributed by atoms with Crippen LogP contribution in [0.3, 0.4) is 0 Å². The Morgan fingerprint density at radius 1 is 1.24 bits per heavy atom. The number of fused-ring (bicyclic) bond motifs is 1. The summed E-state index contributed by atoms with van der Waals surface area (Å²) < 4.78 is 0. The van der Waals surface area contributed by atoms with Gasteiger partial charge in [0.1, 0.15) is 0 Å². The van der Waals surface area contributed by atoms with Crippen molar-refractivity contribution in [2.45, 2.75) is 25.0 Å². The number of nitrogens with one attached hydrogen (secondary N) is 1. The Morgan fingerprint density at radius 2 is 2.00 bits per heavy atom. The minimum atomic E-state index is -1.14. The largest absolute Gasteiger partial charge is 0.399 e. The van der Waals surface area contributed by atoms with Crippen molar-refractivity contribution in [2.24, 2.45) is 0 Å². The predicted octanol–water partition coefficient (Wildman–Crippen LogP) is 2.11. The molecule has 0 aromatic heterocycles. The van der Waals surface area contributed by atoms with Gasteiger partial charge in [0, 0.05) is 5.69 Å². The van der Waals surface area contributed by atoms with Crippen LogP contribution in [0.1, 0.15) is 35.3 Å².